The molecule has 0 saturated carbocycles. The largest absolute Gasteiger partial charge is 0.395 e. The summed E-state index contributed by atoms with van der Waals surface area (Å²) >= 11 is 0. The van der Waals surface area contributed by atoms with E-state index in [9.17, 15) is 8.42 Å². The van der Waals surface area contributed by atoms with Crippen molar-refractivity contribution in [2.45, 2.75) is 32.7 Å². The highest BCUT2D eigenvalue weighted by molar-refractivity contribution is 7.89. The Morgan fingerprint density at radius 3 is 2.27 bits per heavy atom. The Balaban J connectivity index is 4.87. The van der Waals surface area contributed by atoms with Crippen molar-refractivity contribution >= 4 is 10.0 Å². The smallest absolute Gasteiger partial charge is 0.227 e. The van der Waals surface area contributed by atoms with Crippen molar-refractivity contribution in [2.24, 2.45) is 0 Å². The highest BCUT2D eigenvalue weighted by atomic mass is 32.2. The van der Waals surface area contributed by atoms with E-state index in [1.807, 2.05) is 13.8 Å². The van der Waals surface area contributed by atoms with Crippen LogP contribution in [0.25, 0.3) is 0 Å². The Hall–Kier alpha value is -0.640. The van der Waals surface area contributed by atoms with Crippen LogP contribution in [0.3, 0.4) is 0 Å². The number of nitriles is 1. The first-order valence-electron chi connectivity index (χ1n) is 5.00. The van der Waals surface area contributed by atoms with Gasteiger partial charge in [0.15, 0.2) is 5.75 Å². The maximum absolute atomic E-state index is 11.7. The summed E-state index contributed by atoms with van der Waals surface area (Å²) in [5.41, 5.74) is 0. The average Bonchev–Trinajstić information content (AvgIpc) is 2.18. The first-order valence-corrected chi connectivity index (χ1v) is 6.61. The fourth-order valence-electron chi connectivity index (χ4n) is 1.51. The molecule has 0 fully saturated rings. The van der Waals surface area contributed by atoms with E-state index in [1.54, 1.807) is 6.07 Å². The lowest BCUT2D eigenvalue weighted by Gasteiger charge is -2.27. The van der Waals surface area contributed by atoms with Gasteiger partial charge in [-0.05, 0) is 12.8 Å². The molecule has 0 aliphatic rings. The second kappa shape index (κ2) is 6.77. The zero-order chi connectivity index (χ0) is 11.9. The van der Waals surface area contributed by atoms with Crippen LogP contribution in [0.4, 0.5) is 0 Å². The molecule has 0 rings (SSSR count). The number of hydrogen-bond donors (Lipinski definition) is 1. The van der Waals surface area contributed by atoms with Gasteiger partial charge in [0.1, 0.15) is 0 Å². The van der Waals surface area contributed by atoms with Crippen molar-refractivity contribution < 1.29 is 13.5 Å². The molecule has 5 nitrogen and oxygen atoms in total. The molecule has 0 aromatic rings. The molecule has 88 valence electrons. The number of sulfonamides is 1. The topological polar surface area (TPSA) is 81.4 Å². The van der Waals surface area contributed by atoms with Crippen LogP contribution in [0.5, 0.6) is 0 Å². The quantitative estimate of drug-likeness (QED) is 0.688. The summed E-state index contributed by atoms with van der Waals surface area (Å²) in [7, 11) is -3.55. The molecule has 0 radical (unpaired) electrons. The molecule has 0 aliphatic heterocycles. The Morgan fingerprint density at radius 1 is 1.40 bits per heavy atom. The first-order chi connectivity index (χ1) is 7.03. The molecule has 0 atom stereocenters. The number of rotatable bonds is 7. The van der Waals surface area contributed by atoms with Crippen molar-refractivity contribution in [1.82, 2.24) is 4.31 Å². The zero-order valence-corrected chi connectivity index (χ0v) is 10.00. The molecule has 0 aromatic heterocycles. The second-order valence-corrected chi connectivity index (χ2v) is 5.14. The molecule has 1 N–H and O–H groups in total. The lowest BCUT2D eigenvalue weighted by Crippen LogP contribution is -2.42. The molecule has 0 amide bonds. The average molecular weight is 234 g/mol. The summed E-state index contributed by atoms with van der Waals surface area (Å²) in [4.78, 5) is 0. The lowest BCUT2D eigenvalue weighted by atomic mass is 10.2. The zero-order valence-electron chi connectivity index (χ0n) is 9.18. The van der Waals surface area contributed by atoms with Crippen LogP contribution in [0.15, 0.2) is 0 Å². The van der Waals surface area contributed by atoms with E-state index < -0.39 is 15.8 Å². The molecule has 0 bridgehead atoms. The Bertz CT molecular complexity index is 304. The number of aliphatic hydroxyl groups is 1. The van der Waals surface area contributed by atoms with E-state index in [0.29, 0.717) is 12.8 Å². The van der Waals surface area contributed by atoms with Gasteiger partial charge in [-0.3, -0.25) is 0 Å². The van der Waals surface area contributed by atoms with E-state index in [-0.39, 0.29) is 19.2 Å². The van der Waals surface area contributed by atoms with Gasteiger partial charge in [-0.15, -0.1) is 0 Å². The Labute approximate surface area is 91.4 Å². The van der Waals surface area contributed by atoms with Gasteiger partial charge in [-0.25, -0.2) is 8.42 Å². The van der Waals surface area contributed by atoms with Gasteiger partial charge in [0, 0.05) is 12.6 Å². The van der Waals surface area contributed by atoms with E-state index in [1.165, 1.54) is 4.31 Å². The highest BCUT2D eigenvalue weighted by Crippen LogP contribution is 2.13. The van der Waals surface area contributed by atoms with Gasteiger partial charge in [-0.1, -0.05) is 13.8 Å². The summed E-state index contributed by atoms with van der Waals surface area (Å²) in [6.07, 6.45) is 1.36. The first kappa shape index (κ1) is 14.4. The molecule has 0 saturated heterocycles. The van der Waals surface area contributed by atoms with Crippen LogP contribution in [0.1, 0.15) is 26.7 Å². The second-order valence-electron chi connectivity index (χ2n) is 3.22. The molecule has 0 spiro atoms. The minimum Gasteiger partial charge on any atom is -0.395 e. The maximum Gasteiger partial charge on any atom is 0.227 e. The monoisotopic (exact) mass is 234 g/mol. The third-order valence-corrected chi connectivity index (χ3v) is 3.96. The molecular formula is C9H18N2O3S. The van der Waals surface area contributed by atoms with Crippen LogP contribution in [0.2, 0.25) is 0 Å². The molecule has 15 heavy (non-hydrogen) atoms. The van der Waals surface area contributed by atoms with Gasteiger partial charge in [0.2, 0.25) is 10.0 Å². The van der Waals surface area contributed by atoms with Gasteiger partial charge < -0.3 is 5.11 Å². The van der Waals surface area contributed by atoms with E-state index in [0.717, 1.165) is 0 Å². The highest BCUT2D eigenvalue weighted by Gasteiger charge is 2.26. The van der Waals surface area contributed by atoms with Crippen molar-refractivity contribution in [1.29, 1.82) is 5.26 Å². The maximum atomic E-state index is 11.7. The van der Waals surface area contributed by atoms with E-state index in [2.05, 4.69) is 0 Å². The SMILES string of the molecule is CCC(CC)N(CCO)S(=O)(=O)CC#N. The minimum absolute atomic E-state index is 0.0658. The minimum atomic E-state index is -3.55. The summed E-state index contributed by atoms with van der Waals surface area (Å²) in [6.45, 7) is 3.62. The molecule has 0 aliphatic carbocycles. The van der Waals surface area contributed by atoms with E-state index >= 15 is 0 Å². The Kier molecular flexibility index (Phi) is 6.48. The predicted octanol–water partition coefficient (Wildman–Crippen LogP) is 0.323. The van der Waals surface area contributed by atoms with Gasteiger partial charge in [-0.2, -0.15) is 9.57 Å². The summed E-state index contributed by atoms with van der Waals surface area (Å²) in [6, 6.07) is 1.51. The number of aliphatic hydroxyl groups excluding tert-OH is 1. The van der Waals surface area contributed by atoms with Gasteiger partial charge in [0.25, 0.3) is 0 Å². The van der Waals surface area contributed by atoms with Crippen molar-refractivity contribution in [3.05, 3.63) is 0 Å². The van der Waals surface area contributed by atoms with Crippen molar-refractivity contribution in [3.8, 4) is 6.07 Å². The summed E-state index contributed by atoms with van der Waals surface area (Å²) in [5, 5.41) is 17.2. The number of nitrogens with zero attached hydrogens (tertiary/aromatic N) is 2. The molecule has 0 aromatic carbocycles. The van der Waals surface area contributed by atoms with Crippen LogP contribution in [0, 0.1) is 11.3 Å². The summed E-state index contributed by atoms with van der Waals surface area (Å²) < 4.78 is 24.6. The van der Waals surface area contributed by atoms with Crippen molar-refractivity contribution in [2.75, 3.05) is 18.9 Å². The molecular weight excluding hydrogens is 216 g/mol. The summed E-state index contributed by atoms with van der Waals surface area (Å²) in [5.74, 6) is -0.524. The van der Waals surface area contributed by atoms with Crippen LogP contribution in [-0.4, -0.2) is 42.8 Å². The molecule has 6 heteroatoms. The fourth-order valence-corrected chi connectivity index (χ4v) is 2.95. The third-order valence-electron chi connectivity index (χ3n) is 2.27. The third kappa shape index (κ3) is 4.16. The van der Waals surface area contributed by atoms with Crippen LogP contribution < -0.4 is 0 Å². The lowest BCUT2D eigenvalue weighted by molar-refractivity contribution is 0.220. The van der Waals surface area contributed by atoms with Gasteiger partial charge in [0.05, 0.1) is 12.7 Å². The van der Waals surface area contributed by atoms with Crippen molar-refractivity contribution in [3.63, 3.8) is 0 Å². The standard InChI is InChI=1S/C9H18N2O3S/c1-3-9(4-2)11(6-7-12)15(13,14)8-5-10/h9,12H,3-4,6-8H2,1-2H3. The predicted molar refractivity (Wildman–Crippen MR) is 57.6 cm³/mol. The Morgan fingerprint density at radius 2 is 1.93 bits per heavy atom. The van der Waals surface area contributed by atoms with Crippen LogP contribution >= 0.6 is 0 Å². The van der Waals surface area contributed by atoms with E-state index in [4.69, 9.17) is 10.4 Å². The molecule has 0 heterocycles. The normalized spacial score (nSPS) is 12.0. The molecule has 0 unspecified atom stereocenters. The van der Waals surface area contributed by atoms with Gasteiger partial charge >= 0.3 is 0 Å². The van der Waals surface area contributed by atoms with Crippen LogP contribution in [-0.2, 0) is 10.0 Å². The fraction of sp³-hybridized carbons (Fsp3) is 0.889. The number of hydrogen-bond acceptors (Lipinski definition) is 4.